The van der Waals surface area contributed by atoms with Gasteiger partial charge in [0.15, 0.2) is 6.10 Å². The Kier molecular flexibility index (Phi) is 67.1. The second-order valence-corrected chi connectivity index (χ2v) is 24.5. The smallest absolute Gasteiger partial charge is 0.306 e. The van der Waals surface area contributed by atoms with Crippen LogP contribution in [0.5, 0.6) is 0 Å². The molecule has 470 valence electrons. The molecule has 6 heteroatoms. The SMILES string of the molecule is CCC/C=C\C/C=C\CCCCCCCC(=O)OCC(COC(=O)CCCCCCCCCCCCCCCCCCCCCCCCCCCCCCCC)OC(=O)CCCCCCCCCCC/C=C\CCCCCCCC. The molecule has 0 spiro atoms. The van der Waals surface area contributed by atoms with Crippen molar-refractivity contribution in [1.29, 1.82) is 0 Å². The minimum atomic E-state index is -0.778. The molecule has 0 heterocycles. The molecule has 0 saturated carbocycles. The van der Waals surface area contributed by atoms with Crippen LogP contribution in [-0.2, 0) is 28.6 Å². The van der Waals surface area contributed by atoms with Gasteiger partial charge in [0.25, 0.3) is 0 Å². The van der Waals surface area contributed by atoms with E-state index in [-0.39, 0.29) is 31.1 Å². The zero-order valence-electron chi connectivity index (χ0n) is 54.1. The Labute approximate surface area is 499 Å². The Morgan fingerprint density at radius 3 is 0.750 bits per heavy atom. The Bertz CT molecular complexity index is 1340. The van der Waals surface area contributed by atoms with Gasteiger partial charge in [0, 0.05) is 19.3 Å². The third kappa shape index (κ3) is 66.4. The summed E-state index contributed by atoms with van der Waals surface area (Å²) in [6.45, 7) is 6.63. The maximum Gasteiger partial charge on any atom is 0.306 e. The van der Waals surface area contributed by atoms with E-state index < -0.39 is 6.10 Å². The predicted molar refractivity (Wildman–Crippen MR) is 349 cm³/mol. The van der Waals surface area contributed by atoms with E-state index in [9.17, 15) is 14.4 Å². The highest BCUT2D eigenvalue weighted by molar-refractivity contribution is 5.71. The van der Waals surface area contributed by atoms with Crippen LogP contribution >= 0.6 is 0 Å². The van der Waals surface area contributed by atoms with Gasteiger partial charge in [0.2, 0.25) is 0 Å². The molecule has 0 aliphatic carbocycles. The van der Waals surface area contributed by atoms with Crippen LogP contribution < -0.4 is 0 Å². The van der Waals surface area contributed by atoms with Crippen LogP contribution in [0.25, 0.3) is 0 Å². The summed E-state index contributed by atoms with van der Waals surface area (Å²) in [7, 11) is 0. The van der Waals surface area contributed by atoms with Crippen molar-refractivity contribution in [3.63, 3.8) is 0 Å². The average molecular weight is 1120 g/mol. The second kappa shape index (κ2) is 69.1. The van der Waals surface area contributed by atoms with E-state index >= 15 is 0 Å². The van der Waals surface area contributed by atoms with Crippen LogP contribution in [0.2, 0.25) is 0 Å². The highest BCUT2D eigenvalue weighted by Crippen LogP contribution is 2.19. The Hall–Kier alpha value is -2.37. The van der Waals surface area contributed by atoms with E-state index in [0.29, 0.717) is 19.3 Å². The van der Waals surface area contributed by atoms with Crippen LogP contribution in [0.15, 0.2) is 36.5 Å². The zero-order valence-corrected chi connectivity index (χ0v) is 54.1. The number of esters is 3. The lowest BCUT2D eigenvalue weighted by Gasteiger charge is -2.18. The van der Waals surface area contributed by atoms with Gasteiger partial charge in [-0.15, -0.1) is 0 Å². The lowest BCUT2D eigenvalue weighted by molar-refractivity contribution is -0.167. The second-order valence-electron chi connectivity index (χ2n) is 24.5. The summed E-state index contributed by atoms with van der Waals surface area (Å²) in [6, 6.07) is 0. The van der Waals surface area contributed by atoms with Gasteiger partial charge < -0.3 is 14.2 Å². The molecule has 0 aromatic heterocycles. The number of unbranched alkanes of at least 4 members (excludes halogenated alkanes) is 50. The molecular weight excluding hydrogens is 985 g/mol. The van der Waals surface area contributed by atoms with Gasteiger partial charge in [0.1, 0.15) is 13.2 Å². The fraction of sp³-hybridized carbons (Fsp3) is 0.878. The first kappa shape index (κ1) is 77.6. The van der Waals surface area contributed by atoms with E-state index in [1.807, 2.05) is 0 Å². The first-order valence-corrected chi connectivity index (χ1v) is 36.0. The normalized spacial score (nSPS) is 12.2. The Morgan fingerprint density at radius 2 is 0.475 bits per heavy atom. The van der Waals surface area contributed by atoms with Crippen molar-refractivity contribution in [2.75, 3.05) is 13.2 Å². The van der Waals surface area contributed by atoms with Crippen molar-refractivity contribution in [3.8, 4) is 0 Å². The van der Waals surface area contributed by atoms with Gasteiger partial charge >= 0.3 is 17.9 Å². The van der Waals surface area contributed by atoms with Gasteiger partial charge in [0.05, 0.1) is 0 Å². The van der Waals surface area contributed by atoms with E-state index in [1.165, 1.54) is 276 Å². The quantitative estimate of drug-likeness (QED) is 0.0261. The summed E-state index contributed by atoms with van der Waals surface area (Å²) in [5, 5.41) is 0. The summed E-state index contributed by atoms with van der Waals surface area (Å²) in [5.41, 5.74) is 0. The van der Waals surface area contributed by atoms with Crippen molar-refractivity contribution >= 4 is 17.9 Å². The zero-order chi connectivity index (χ0) is 57.8. The molecule has 0 aliphatic rings. The van der Waals surface area contributed by atoms with Crippen molar-refractivity contribution < 1.29 is 28.6 Å². The number of allylic oxidation sites excluding steroid dienone is 6. The minimum absolute atomic E-state index is 0.0730. The number of carbonyl (C=O) groups is 3. The number of ether oxygens (including phenoxy) is 3. The molecule has 0 aliphatic heterocycles. The van der Waals surface area contributed by atoms with Crippen LogP contribution in [0, 0.1) is 0 Å². The summed E-state index contributed by atoms with van der Waals surface area (Å²) in [5.74, 6) is -0.863. The maximum atomic E-state index is 12.9. The molecule has 0 aromatic rings. The average Bonchev–Trinajstić information content (AvgIpc) is 3.46. The summed E-state index contributed by atoms with van der Waals surface area (Å²) >= 11 is 0. The predicted octanol–water partition coefficient (Wildman–Crippen LogP) is 24.7. The van der Waals surface area contributed by atoms with Gasteiger partial charge in [-0.3, -0.25) is 14.4 Å². The molecule has 0 saturated heterocycles. The van der Waals surface area contributed by atoms with E-state index in [4.69, 9.17) is 14.2 Å². The molecule has 0 N–H and O–H groups in total. The van der Waals surface area contributed by atoms with Crippen LogP contribution in [0.3, 0.4) is 0 Å². The summed E-state index contributed by atoms with van der Waals surface area (Å²) in [6.07, 6.45) is 86.2. The monoisotopic (exact) mass is 1120 g/mol. The molecule has 1 unspecified atom stereocenters. The van der Waals surface area contributed by atoms with Gasteiger partial charge in [-0.05, 0) is 70.6 Å². The van der Waals surface area contributed by atoms with Crippen LogP contribution in [0.1, 0.15) is 400 Å². The highest BCUT2D eigenvalue weighted by atomic mass is 16.6. The fourth-order valence-corrected chi connectivity index (χ4v) is 11.0. The molecule has 6 nitrogen and oxygen atoms in total. The Balaban J connectivity index is 4.15. The standard InChI is InChI=1S/C74H138O6/c1-4-7-10-13-16-19-22-25-27-29-31-32-33-34-35-36-37-38-39-40-41-43-44-46-49-52-55-58-61-64-67-73(76)79-70-71(69-78-72(75)66-63-60-57-54-51-48-24-21-18-15-12-9-6-3)80-74(77)68-65-62-59-56-53-50-47-45-42-30-28-26-23-20-17-14-11-8-5-2/h12,15,21,24,26,28,71H,4-11,13-14,16-20,22-23,25,27,29-70H2,1-3H3/b15-12-,24-21-,28-26-. The number of hydrogen-bond donors (Lipinski definition) is 0. The van der Waals surface area contributed by atoms with Crippen LogP contribution in [0.4, 0.5) is 0 Å². The molecule has 0 aromatic carbocycles. The molecular formula is C74H138O6. The largest absolute Gasteiger partial charge is 0.462 e. The number of rotatable bonds is 67. The number of carbonyl (C=O) groups excluding carboxylic acids is 3. The fourth-order valence-electron chi connectivity index (χ4n) is 11.0. The molecule has 0 bridgehead atoms. The van der Waals surface area contributed by atoms with Gasteiger partial charge in [-0.1, -0.05) is 346 Å². The lowest BCUT2D eigenvalue weighted by atomic mass is 10.0. The van der Waals surface area contributed by atoms with Gasteiger partial charge in [-0.2, -0.15) is 0 Å². The third-order valence-electron chi connectivity index (χ3n) is 16.3. The highest BCUT2D eigenvalue weighted by Gasteiger charge is 2.19. The van der Waals surface area contributed by atoms with Crippen molar-refractivity contribution in [1.82, 2.24) is 0 Å². The third-order valence-corrected chi connectivity index (χ3v) is 16.3. The van der Waals surface area contributed by atoms with E-state index in [1.54, 1.807) is 0 Å². The van der Waals surface area contributed by atoms with Crippen molar-refractivity contribution in [2.24, 2.45) is 0 Å². The van der Waals surface area contributed by atoms with Gasteiger partial charge in [-0.25, -0.2) is 0 Å². The van der Waals surface area contributed by atoms with E-state index in [0.717, 1.165) is 83.5 Å². The number of hydrogen-bond acceptors (Lipinski definition) is 6. The molecule has 0 amide bonds. The molecule has 0 radical (unpaired) electrons. The van der Waals surface area contributed by atoms with Crippen molar-refractivity contribution in [3.05, 3.63) is 36.5 Å². The first-order valence-electron chi connectivity index (χ1n) is 36.0. The van der Waals surface area contributed by atoms with Crippen LogP contribution in [-0.4, -0.2) is 37.2 Å². The summed E-state index contributed by atoms with van der Waals surface area (Å²) < 4.78 is 17.0. The minimum Gasteiger partial charge on any atom is -0.462 e. The molecule has 1 atom stereocenters. The topological polar surface area (TPSA) is 78.9 Å². The molecule has 0 fully saturated rings. The molecule has 80 heavy (non-hydrogen) atoms. The van der Waals surface area contributed by atoms with Crippen molar-refractivity contribution in [2.45, 2.75) is 406 Å². The first-order chi connectivity index (χ1) is 39.5. The summed E-state index contributed by atoms with van der Waals surface area (Å²) in [4.78, 5) is 38.4. The van der Waals surface area contributed by atoms with E-state index in [2.05, 4.69) is 57.2 Å². The lowest BCUT2D eigenvalue weighted by Crippen LogP contribution is -2.30. The Morgan fingerprint density at radius 1 is 0.250 bits per heavy atom. The molecule has 0 rings (SSSR count). The maximum absolute atomic E-state index is 12.9.